The number of hydrogen-bond acceptors (Lipinski definition) is 10. The van der Waals surface area contributed by atoms with Crippen LogP contribution < -0.4 is 49.1 Å². The smallest absolute Gasteiger partial charge is 0.243 e. The summed E-state index contributed by atoms with van der Waals surface area (Å²) in [6.45, 7) is 3.54. The average Bonchev–Trinajstić information content (AvgIpc) is 3.05. The molecule has 0 aromatic carbocycles. The summed E-state index contributed by atoms with van der Waals surface area (Å²) in [7, 11) is 0. The monoisotopic (exact) mass is 728 g/mol. The first-order valence-electron chi connectivity index (χ1n) is 16.8. The highest BCUT2D eigenvalue weighted by atomic mass is 32.2. The van der Waals surface area contributed by atoms with Crippen LogP contribution in [-0.2, 0) is 33.6 Å². The number of aliphatic hydroxyl groups is 1. The van der Waals surface area contributed by atoms with Gasteiger partial charge in [0.2, 0.25) is 41.4 Å². The minimum Gasteiger partial charge on any atom is -0.394 e. The molecular formula is C31H56N10O8S. The van der Waals surface area contributed by atoms with Gasteiger partial charge in [0.25, 0.3) is 0 Å². The molecule has 1 saturated carbocycles. The van der Waals surface area contributed by atoms with E-state index in [0.29, 0.717) is 18.6 Å². The first-order valence-corrected chi connectivity index (χ1v) is 18.2. The number of nitrogens with zero attached hydrogens (tertiary/aromatic N) is 1. The number of nitrogens with two attached hydrogens (primary N) is 3. The van der Waals surface area contributed by atoms with E-state index in [0.717, 1.165) is 32.1 Å². The molecule has 1 rings (SSSR count). The molecule has 0 saturated heterocycles. The van der Waals surface area contributed by atoms with Crippen molar-refractivity contribution in [2.45, 2.75) is 115 Å². The molecule has 0 bridgehead atoms. The maximum absolute atomic E-state index is 13.5. The third-order valence-corrected chi connectivity index (χ3v) is 8.80. The second kappa shape index (κ2) is 23.3. The van der Waals surface area contributed by atoms with E-state index in [-0.39, 0.29) is 37.2 Å². The van der Waals surface area contributed by atoms with Crippen LogP contribution in [0.15, 0.2) is 4.99 Å². The third kappa shape index (κ3) is 17.0. The summed E-state index contributed by atoms with van der Waals surface area (Å²) in [6.07, 6.45) is 7.96. The highest BCUT2D eigenvalue weighted by Crippen LogP contribution is 2.27. The summed E-state index contributed by atoms with van der Waals surface area (Å²) in [5, 5.41) is 24.6. The van der Waals surface area contributed by atoms with Gasteiger partial charge in [-0.05, 0) is 57.5 Å². The van der Waals surface area contributed by atoms with Crippen molar-refractivity contribution in [1.29, 1.82) is 0 Å². The van der Waals surface area contributed by atoms with Gasteiger partial charge in [0.1, 0.15) is 36.3 Å². The Morgan fingerprint density at radius 3 is 1.70 bits per heavy atom. The number of aliphatic imine (C=N–C) groups is 1. The lowest BCUT2D eigenvalue weighted by Gasteiger charge is -2.28. The molecule has 19 heteroatoms. The minimum atomic E-state index is -1.34. The lowest BCUT2D eigenvalue weighted by atomic mass is 9.84. The van der Waals surface area contributed by atoms with Gasteiger partial charge in [0.15, 0.2) is 5.96 Å². The predicted octanol–water partition coefficient (Wildman–Crippen LogP) is -2.79. The van der Waals surface area contributed by atoms with E-state index in [2.05, 4.69) is 36.9 Å². The molecule has 50 heavy (non-hydrogen) atoms. The molecule has 7 amide bonds. The number of nitrogens with one attached hydrogen (secondary N) is 6. The zero-order valence-electron chi connectivity index (χ0n) is 29.4. The number of primary amides is 1. The van der Waals surface area contributed by atoms with Gasteiger partial charge in [-0.25, -0.2) is 0 Å². The summed E-state index contributed by atoms with van der Waals surface area (Å²) in [6, 6.07) is -6.69. The Labute approximate surface area is 297 Å². The molecule has 18 nitrogen and oxygen atoms in total. The van der Waals surface area contributed by atoms with Gasteiger partial charge in [-0.3, -0.25) is 38.6 Å². The fraction of sp³-hybridized carbons (Fsp3) is 0.742. The number of carbonyl (C=O) groups is 7. The number of rotatable bonds is 22. The van der Waals surface area contributed by atoms with Gasteiger partial charge in [-0.1, -0.05) is 32.1 Å². The normalized spacial score (nSPS) is 16.6. The van der Waals surface area contributed by atoms with Crippen molar-refractivity contribution < 1.29 is 38.7 Å². The maximum Gasteiger partial charge on any atom is 0.243 e. The summed E-state index contributed by atoms with van der Waals surface area (Å²) in [5.74, 6) is -4.12. The van der Waals surface area contributed by atoms with Crippen molar-refractivity contribution in [3.63, 3.8) is 0 Å². The minimum absolute atomic E-state index is 0.116. The predicted molar refractivity (Wildman–Crippen MR) is 189 cm³/mol. The van der Waals surface area contributed by atoms with Crippen LogP contribution in [0.25, 0.3) is 0 Å². The largest absolute Gasteiger partial charge is 0.394 e. The third-order valence-electron chi connectivity index (χ3n) is 8.16. The lowest BCUT2D eigenvalue weighted by molar-refractivity contribution is -0.135. The molecule has 0 unspecified atom stereocenters. The van der Waals surface area contributed by atoms with Crippen molar-refractivity contribution in [3.05, 3.63) is 0 Å². The highest BCUT2D eigenvalue weighted by Gasteiger charge is 2.31. The molecule has 1 fully saturated rings. The number of guanidine groups is 1. The van der Waals surface area contributed by atoms with Crippen LogP contribution in [0, 0.1) is 5.92 Å². The van der Waals surface area contributed by atoms with Crippen molar-refractivity contribution >= 4 is 59.1 Å². The van der Waals surface area contributed by atoms with E-state index in [9.17, 15) is 38.7 Å². The zero-order valence-corrected chi connectivity index (χ0v) is 30.2. The van der Waals surface area contributed by atoms with E-state index in [1.54, 1.807) is 0 Å². The number of amides is 7. The second-order valence-electron chi connectivity index (χ2n) is 12.5. The van der Waals surface area contributed by atoms with Gasteiger partial charge in [0.05, 0.1) is 6.61 Å². The van der Waals surface area contributed by atoms with Crippen LogP contribution in [0.4, 0.5) is 0 Å². The Morgan fingerprint density at radius 1 is 0.720 bits per heavy atom. The van der Waals surface area contributed by atoms with Crippen LogP contribution in [0.5, 0.6) is 0 Å². The molecule has 13 N–H and O–H groups in total. The van der Waals surface area contributed by atoms with Crippen LogP contribution >= 0.6 is 11.8 Å². The topological polar surface area (TPSA) is 302 Å². The lowest BCUT2D eigenvalue weighted by Crippen LogP contribution is -2.59. The molecular weight excluding hydrogens is 672 g/mol. The van der Waals surface area contributed by atoms with Crippen molar-refractivity contribution in [2.24, 2.45) is 28.1 Å². The van der Waals surface area contributed by atoms with Gasteiger partial charge >= 0.3 is 0 Å². The Kier molecular flexibility index (Phi) is 20.5. The van der Waals surface area contributed by atoms with E-state index in [1.807, 2.05) is 6.26 Å². The molecule has 0 aromatic heterocycles. The first-order chi connectivity index (χ1) is 23.6. The van der Waals surface area contributed by atoms with Gasteiger partial charge in [0, 0.05) is 13.5 Å². The molecule has 6 atom stereocenters. The van der Waals surface area contributed by atoms with Crippen LogP contribution in [0.2, 0.25) is 0 Å². The average molecular weight is 729 g/mol. The molecule has 1 aliphatic rings. The Morgan fingerprint density at radius 2 is 1.22 bits per heavy atom. The number of aliphatic hydroxyl groups excluding tert-OH is 1. The summed E-state index contributed by atoms with van der Waals surface area (Å²) in [5.41, 5.74) is 16.0. The van der Waals surface area contributed by atoms with E-state index >= 15 is 0 Å². The van der Waals surface area contributed by atoms with Crippen molar-refractivity contribution in [3.8, 4) is 0 Å². The van der Waals surface area contributed by atoms with E-state index < -0.39 is 78.3 Å². The molecule has 0 aromatic rings. The van der Waals surface area contributed by atoms with Crippen molar-refractivity contribution in [2.75, 3.05) is 25.2 Å². The zero-order chi connectivity index (χ0) is 37.8. The Balaban J connectivity index is 3.02. The maximum atomic E-state index is 13.5. The molecule has 0 radical (unpaired) electrons. The molecule has 0 heterocycles. The van der Waals surface area contributed by atoms with Crippen LogP contribution in [0.3, 0.4) is 0 Å². The van der Waals surface area contributed by atoms with Gasteiger partial charge in [-0.2, -0.15) is 11.8 Å². The SMILES string of the molecule is CSCC[C@H](NC(=O)[C@H](C)NC(=O)[C@H](CCCN=C(N)N)NC(=O)[C@H](CC1CCCCC1)NC(C)=O)C(=O)N[C@H](C)C(=O)N[C@@H](CO)C(N)=O. The van der Waals surface area contributed by atoms with E-state index in [1.165, 1.54) is 32.5 Å². The fourth-order valence-corrected chi connectivity index (χ4v) is 5.81. The number of carbonyl (C=O) groups excluding carboxylic acids is 7. The number of hydrogen-bond donors (Lipinski definition) is 10. The highest BCUT2D eigenvalue weighted by molar-refractivity contribution is 7.98. The summed E-state index contributed by atoms with van der Waals surface area (Å²) in [4.78, 5) is 92.9. The summed E-state index contributed by atoms with van der Waals surface area (Å²) < 4.78 is 0. The summed E-state index contributed by atoms with van der Waals surface area (Å²) >= 11 is 1.42. The van der Waals surface area contributed by atoms with Gasteiger partial charge < -0.3 is 54.2 Å². The second-order valence-corrected chi connectivity index (χ2v) is 13.4. The standard InChI is InChI=1S/C31H56N10O8S/c1-17(26(45)39-22(12-14-50-4)29(48)37-18(2)27(46)41-24(16-42)25(32)44)36-28(47)21(11-8-13-35-31(33)34)40-30(49)23(38-19(3)43)15-20-9-6-5-7-10-20/h17-18,20-24,42H,5-16H2,1-4H3,(H2,32,44)(H,36,47)(H,37,48)(H,38,43)(H,39,45)(H,40,49)(H,41,46)(H4,33,34,35)/t17-,18+,21-,22-,23-,24-/m0/s1. The molecule has 1 aliphatic carbocycles. The van der Waals surface area contributed by atoms with Crippen molar-refractivity contribution in [1.82, 2.24) is 31.9 Å². The fourth-order valence-electron chi connectivity index (χ4n) is 5.34. The quantitative estimate of drug-likeness (QED) is 0.0309. The van der Waals surface area contributed by atoms with Gasteiger partial charge in [-0.15, -0.1) is 0 Å². The van der Waals surface area contributed by atoms with E-state index in [4.69, 9.17) is 17.2 Å². The molecule has 0 spiro atoms. The molecule has 0 aliphatic heterocycles. The Bertz CT molecular complexity index is 1200. The Hall–Kier alpha value is -4.13. The van der Waals surface area contributed by atoms with Crippen LogP contribution in [0.1, 0.15) is 78.6 Å². The molecule has 284 valence electrons. The number of thioether (sulfide) groups is 1. The first kappa shape index (κ1) is 43.9. The van der Waals surface area contributed by atoms with Crippen LogP contribution in [-0.4, -0.2) is 114 Å².